The van der Waals surface area contributed by atoms with Crippen molar-refractivity contribution in [3.63, 3.8) is 0 Å². The summed E-state index contributed by atoms with van der Waals surface area (Å²) in [4.78, 5) is 13.3. The van der Waals surface area contributed by atoms with Gasteiger partial charge in [-0.15, -0.1) is 11.3 Å². The molecule has 0 fully saturated rings. The highest BCUT2D eigenvalue weighted by Gasteiger charge is 2.23. The largest absolute Gasteiger partial charge is 0.384 e. The predicted molar refractivity (Wildman–Crippen MR) is 74.4 cm³/mol. The summed E-state index contributed by atoms with van der Waals surface area (Å²) in [6.07, 6.45) is 1.03. The zero-order valence-electron chi connectivity index (χ0n) is 10.6. The average molecular weight is 301 g/mol. The first kappa shape index (κ1) is 15.7. The minimum Gasteiger partial charge on any atom is -0.384 e. The molecule has 1 aromatic rings. The van der Waals surface area contributed by atoms with E-state index in [9.17, 15) is 13.2 Å². The topological polar surface area (TPSA) is 83.5 Å². The standard InChI is InChI=1S/C12H15NO4S2/c1-9(19(2,16)17)12(15)13-8-11-6-5-10(18-11)4-3-7-14/h5-6,9,14H,7-8H2,1-2H3,(H,13,15). The molecule has 1 amide bonds. The van der Waals surface area contributed by atoms with Gasteiger partial charge in [0.2, 0.25) is 5.91 Å². The van der Waals surface area contributed by atoms with Crippen LogP contribution in [0.3, 0.4) is 0 Å². The molecule has 104 valence electrons. The molecule has 0 bridgehead atoms. The molecule has 7 heteroatoms. The van der Waals surface area contributed by atoms with Crippen LogP contribution in [0.4, 0.5) is 0 Å². The van der Waals surface area contributed by atoms with Gasteiger partial charge in [0.25, 0.3) is 0 Å². The first-order chi connectivity index (χ1) is 8.84. The smallest absolute Gasteiger partial charge is 0.238 e. The third-order valence-electron chi connectivity index (χ3n) is 2.40. The fourth-order valence-corrected chi connectivity index (χ4v) is 2.47. The van der Waals surface area contributed by atoms with Crippen molar-refractivity contribution in [1.29, 1.82) is 0 Å². The van der Waals surface area contributed by atoms with Gasteiger partial charge < -0.3 is 10.4 Å². The molecule has 19 heavy (non-hydrogen) atoms. The van der Waals surface area contributed by atoms with Gasteiger partial charge >= 0.3 is 0 Å². The molecule has 1 aromatic heterocycles. The Bertz CT molecular complexity index is 607. The van der Waals surface area contributed by atoms with Crippen LogP contribution in [0.5, 0.6) is 0 Å². The van der Waals surface area contributed by atoms with Crippen molar-refractivity contribution in [2.75, 3.05) is 12.9 Å². The average Bonchev–Trinajstić information content (AvgIpc) is 2.79. The number of amides is 1. The van der Waals surface area contributed by atoms with Crippen molar-refractivity contribution in [2.45, 2.75) is 18.7 Å². The van der Waals surface area contributed by atoms with E-state index in [1.807, 2.05) is 0 Å². The van der Waals surface area contributed by atoms with Crippen molar-refractivity contribution in [2.24, 2.45) is 0 Å². The maximum Gasteiger partial charge on any atom is 0.238 e. The Balaban J connectivity index is 2.58. The van der Waals surface area contributed by atoms with Crippen LogP contribution in [0.25, 0.3) is 0 Å². The molecule has 0 aliphatic heterocycles. The van der Waals surface area contributed by atoms with Crippen molar-refractivity contribution >= 4 is 27.1 Å². The summed E-state index contributed by atoms with van der Waals surface area (Å²) in [5, 5.41) is 10.1. The molecular weight excluding hydrogens is 286 g/mol. The zero-order chi connectivity index (χ0) is 14.5. The molecule has 0 radical (unpaired) electrons. The molecule has 1 atom stereocenters. The number of aliphatic hydroxyl groups is 1. The van der Waals surface area contributed by atoms with Gasteiger partial charge in [0.05, 0.1) is 11.4 Å². The summed E-state index contributed by atoms with van der Waals surface area (Å²) in [7, 11) is -3.37. The SMILES string of the molecule is CC(C(=O)NCc1ccc(C#CCO)s1)S(C)(=O)=O. The van der Waals surface area contributed by atoms with E-state index in [0.717, 1.165) is 16.0 Å². The van der Waals surface area contributed by atoms with Crippen molar-refractivity contribution in [3.8, 4) is 11.8 Å². The fraction of sp³-hybridized carbons (Fsp3) is 0.417. The van der Waals surface area contributed by atoms with E-state index in [0.29, 0.717) is 0 Å². The van der Waals surface area contributed by atoms with Gasteiger partial charge in [-0.3, -0.25) is 4.79 Å². The Morgan fingerprint density at radius 1 is 1.53 bits per heavy atom. The number of carbonyl (C=O) groups excluding carboxylic acids is 1. The lowest BCUT2D eigenvalue weighted by molar-refractivity contribution is -0.120. The van der Waals surface area contributed by atoms with Gasteiger partial charge in [0.15, 0.2) is 9.84 Å². The van der Waals surface area contributed by atoms with Gasteiger partial charge in [0.1, 0.15) is 11.9 Å². The summed E-state index contributed by atoms with van der Waals surface area (Å²) in [6, 6.07) is 3.59. The lowest BCUT2D eigenvalue weighted by Gasteiger charge is -2.09. The summed E-state index contributed by atoms with van der Waals surface area (Å²) in [5.74, 6) is 4.77. The van der Waals surface area contributed by atoms with E-state index < -0.39 is 21.0 Å². The lowest BCUT2D eigenvalue weighted by atomic mass is 10.4. The van der Waals surface area contributed by atoms with E-state index in [4.69, 9.17) is 5.11 Å². The van der Waals surface area contributed by atoms with Crippen LogP contribution < -0.4 is 5.32 Å². The van der Waals surface area contributed by atoms with Gasteiger partial charge in [-0.2, -0.15) is 0 Å². The van der Waals surface area contributed by atoms with Crippen molar-refractivity contribution < 1.29 is 18.3 Å². The molecule has 1 unspecified atom stereocenters. The molecule has 1 rings (SSSR count). The van der Waals surface area contributed by atoms with Gasteiger partial charge in [-0.25, -0.2) is 8.42 Å². The second-order valence-corrected chi connectivity index (χ2v) is 7.45. The highest BCUT2D eigenvalue weighted by atomic mass is 32.2. The zero-order valence-corrected chi connectivity index (χ0v) is 12.3. The molecular formula is C12H15NO4S2. The summed E-state index contributed by atoms with van der Waals surface area (Å²) < 4.78 is 22.4. The molecule has 0 aliphatic carbocycles. The summed E-state index contributed by atoms with van der Waals surface area (Å²) in [5.41, 5.74) is 0. The van der Waals surface area contributed by atoms with E-state index in [2.05, 4.69) is 17.2 Å². The molecule has 0 aliphatic rings. The summed E-state index contributed by atoms with van der Waals surface area (Å²) >= 11 is 1.39. The van der Waals surface area contributed by atoms with E-state index >= 15 is 0 Å². The first-order valence-corrected chi connectivity index (χ1v) is 8.26. The summed E-state index contributed by atoms with van der Waals surface area (Å²) in [6.45, 7) is 1.43. The molecule has 5 nitrogen and oxygen atoms in total. The number of rotatable bonds is 4. The Morgan fingerprint density at radius 2 is 2.21 bits per heavy atom. The Labute approximate surface area is 116 Å². The van der Waals surface area contributed by atoms with Crippen LogP contribution in [0.1, 0.15) is 16.7 Å². The number of thiophene rings is 1. The maximum absolute atomic E-state index is 11.6. The molecule has 0 saturated carbocycles. The second kappa shape index (κ2) is 6.70. The molecule has 0 aromatic carbocycles. The van der Waals surface area contributed by atoms with Crippen molar-refractivity contribution in [3.05, 3.63) is 21.9 Å². The number of nitrogens with one attached hydrogen (secondary N) is 1. The number of hydrogen-bond donors (Lipinski definition) is 2. The van der Waals surface area contributed by atoms with E-state index in [-0.39, 0.29) is 13.2 Å². The first-order valence-electron chi connectivity index (χ1n) is 5.49. The highest BCUT2D eigenvalue weighted by molar-refractivity contribution is 7.92. The van der Waals surface area contributed by atoms with E-state index in [1.165, 1.54) is 18.3 Å². The number of carbonyl (C=O) groups is 1. The van der Waals surface area contributed by atoms with E-state index in [1.54, 1.807) is 12.1 Å². The molecule has 1 heterocycles. The van der Waals surface area contributed by atoms with Crippen molar-refractivity contribution in [1.82, 2.24) is 5.32 Å². The van der Waals surface area contributed by atoms with Crippen LogP contribution in [0, 0.1) is 11.8 Å². The van der Waals surface area contributed by atoms with Crippen LogP contribution in [-0.2, 0) is 21.2 Å². The monoisotopic (exact) mass is 301 g/mol. The molecule has 0 spiro atoms. The van der Waals surface area contributed by atoms with Gasteiger partial charge in [-0.05, 0) is 19.1 Å². The second-order valence-electron chi connectivity index (χ2n) is 3.92. The van der Waals surface area contributed by atoms with Gasteiger partial charge in [-0.1, -0.05) is 11.8 Å². The fourth-order valence-electron chi connectivity index (χ4n) is 1.18. The minimum absolute atomic E-state index is 0.199. The number of aliphatic hydroxyl groups excluding tert-OH is 1. The predicted octanol–water partition coefficient (Wildman–Crippen LogP) is 0.141. The third-order valence-corrected chi connectivity index (χ3v) is 4.90. The minimum atomic E-state index is -3.37. The normalized spacial score (nSPS) is 12.4. The lowest BCUT2D eigenvalue weighted by Crippen LogP contribution is -2.36. The maximum atomic E-state index is 11.6. The van der Waals surface area contributed by atoms with Gasteiger partial charge in [0, 0.05) is 11.1 Å². The van der Waals surface area contributed by atoms with Crippen LogP contribution in [0.15, 0.2) is 12.1 Å². The Kier molecular flexibility index (Phi) is 5.54. The number of hydrogen-bond acceptors (Lipinski definition) is 5. The van der Waals surface area contributed by atoms with Crippen LogP contribution >= 0.6 is 11.3 Å². The molecule has 0 saturated heterocycles. The quantitative estimate of drug-likeness (QED) is 0.775. The number of sulfone groups is 1. The Hall–Kier alpha value is -1.36. The third kappa shape index (κ3) is 5.03. The van der Waals surface area contributed by atoms with Crippen LogP contribution in [-0.4, -0.2) is 37.5 Å². The molecule has 2 N–H and O–H groups in total. The Morgan fingerprint density at radius 3 is 2.79 bits per heavy atom. The highest BCUT2D eigenvalue weighted by Crippen LogP contribution is 2.15. The van der Waals surface area contributed by atoms with Crippen LogP contribution in [0.2, 0.25) is 0 Å².